The van der Waals surface area contributed by atoms with Gasteiger partial charge in [-0.2, -0.15) is 0 Å². The second kappa shape index (κ2) is 11.9. The SMILES string of the molecule is C/C=C/C=C/C(O)=C1/C(O)=C(C)C(=O)[C@@]2(C)O[C@@]3(O)[C@@](C)(O)C(=O)C(C(=O)[C@@H]4C[C@@]5(C)C(=O)/C(=C(O)/C=C/C=C/C)[C@@H]4[C@](C)(O)C5=O)=C(O)[C@@]3(C)[C@@H]12. The Kier molecular flexibility index (Phi) is 8.83. The van der Waals surface area contributed by atoms with Crippen LogP contribution in [0.1, 0.15) is 61.8 Å². The normalized spacial score (nSPS) is 42.8. The molecule has 7 N–H and O–H groups in total. The van der Waals surface area contributed by atoms with Crippen molar-refractivity contribution in [2.24, 2.45) is 28.6 Å². The molecule has 13 nitrogen and oxygen atoms in total. The number of carbonyl (C=O) groups is 5. The van der Waals surface area contributed by atoms with Gasteiger partial charge in [0.25, 0.3) is 0 Å². The molecule has 278 valence electrons. The molecule has 0 aromatic heterocycles. The van der Waals surface area contributed by atoms with Crippen molar-refractivity contribution in [3.8, 4) is 0 Å². The lowest BCUT2D eigenvalue weighted by Gasteiger charge is -2.55. The van der Waals surface area contributed by atoms with Gasteiger partial charge in [-0.15, -0.1) is 0 Å². The number of fused-ring (bicyclic) bond motifs is 6. The third kappa shape index (κ3) is 4.52. The molecule has 9 atom stereocenters. The monoisotopic (exact) mass is 720 g/mol. The average Bonchev–Trinajstić information content (AvgIpc) is 3.27. The number of hydrogen-bond donors (Lipinski definition) is 7. The molecular weight excluding hydrogens is 676 g/mol. The molecule has 2 bridgehead atoms. The Morgan fingerprint density at radius 1 is 0.788 bits per heavy atom. The summed E-state index contributed by atoms with van der Waals surface area (Å²) in [6.07, 6.45) is 10.8. The second-order valence-electron chi connectivity index (χ2n) is 15.1. The molecule has 5 aliphatic carbocycles. The van der Waals surface area contributed by atoms with Crippen molar-refractivity contribution < 1.29 is 64.5 Å². The minimum absolute atomic E-state index is 0.304. The van der Waals surface area contributed by atoms with E-state index >= 15 is 0 Å². The molecule has 4 fully saturated rings. The summed E-state index contributed by atoms with van der Waals surface area (Å²) in [7, 11) is 0. The van der Waals surface area contributed by atoms with Gasteiger partial charge in [0.15, 0.2) is 28.7 Å². The first-order valence-corrected chi connectivity index (χ1v) is 16.8. The summed E-state index contributed by atoms with van der Waals surface area (Å²) in [5.41, 5.74) is -14.7. The van der Waals surface area contributed by atoms with Crippen LogP contribution in [-0.2, 0) is 28.7 Å². The highest BCUT2D eigenvalue weighted by atomic mass is 16.7. The van der Waals surface area contributed by atoms with Crippen molar-refractivity contribution in [2.75, 3.05) is 0 Å². The highest BCUT2D eigenvalue weighted by Crippen LogP contribution is 2.69. The molecule has 0 aromatic carbocycles. The number of hydrogen-bond acceptors (Lipinski definition) is 13. The van der Waals surface area contributed by atoms with Gasteiger partial charge in [0.05, 0.1) is 10.8 Å². The lowest BCUT2D eigenvalue weighted by atomic mass is 9.46. The molecule has 1 aliphatic heterocycles. The fourth-order valence-electron chi connectivity index (χ4n) is 9.20. The van der Waals surface area contributed by atoms with Crippen LogP contribution in [0, 0.1) is 28.6 Å². The van der Waals surface area contributed by atoms with Crippen molar-refractivity contribution in [1.82, 2.24) is 0 Å². The summed E-state index contributed by atoms with van der Waals surface area (Å²) in [5.74, 6) is -17.0. The molecule has 6 rings (SSSR count). The number of aliphatic hydroxyl groups is 7. The Bertz CT molecular complexity index is 1980. The minimum Gasteiger partial charge on any atom is -0.511 e. The lowest BCUT2D eigenvalue weighted by Crippen LogP contribution is -2.71. The van der Waals surface area contributed by atoms with Crippen LogP contribution < -0.4 is 0 Å². The van der Waals surface area contributed by atoms with Crippen LogP contribution in [-0.4, -0.2) is 87.3 Å². The Balaban J connectivity index is 1.82. The zero-order valence-corrected chi connectivity index (χ0v) is 30.1. The van der Waals surface area contributed by atoms with E-state index in [2.05, 4.69) is 0 Å². The molecule has 0 spiro atoms. The molecule has 52 heavy (non-hydrogen) atoms. The van der Waals surface area contributed by atoms with Gasteiger partial charge in [0.2, 0.25) is 11.6 Å². The Morgan fingerprint density at radius 3 is 1.83 bits per heavy atom. The van der Waals surface area contributed by atoms with Crippen LogP contribution in [0.25, 0.3) is 0 Å². The van der Waals surface area contributed by atoms with Crippen LogP contribution in [0.15, 0.2) is 93.9 Å². The summed E-state index contributed by atoms with van der Waals surface area (Å²) in [6, 6.07) is 0. The molecule has 6 aliphatic rings. The van der Waals surface area contributed by atoms with Crippen molar-refractivity contribution in [1.29, 1.82) is 0 Å². The van der Waals surface area contributed by atoms with Gasteiger partial charge in [-0.1, -0.05) is 36.5 Å². The first-order valence-electron chi connectivity index (χ1n) is 16.8. The third-order valence-corrected chi connectivity index (χ3v) is 11.8. The Hall–Kier alpha value is -4.69. The van der Waals surface area contributed by atoms with E-state index in [-0.39, 0.29) is 5.57 Å². The van der Waals surface area contributed by atoms with Crippen molar-refractivity contribution in [3.05, 3.63) is 93.9 Å². The Morgan fingerprint density at radius 2 is 1.31 bits per heavy atom. The summed E-state index contributed by atoms with van der Waals surface area (Å²) in [6.45, 7) is 9.99. The van der Waals surface area contributed by atoms with Crippen LogP contribution in [0.5, 0.6) is 0 Å². The smallest absolute Gasteiger partial charge is 0.216 e. The van der Waals surface area contributed by atoms with Gasteiger partial charge in [-0.05, 0) is 74.0 Å². The van der Waals surface area contributed by atoms with Gasteiger partial charge >= 0.3 is 0 Å². The fraction of sp³-hybridized carbons (Fsp3) is 0.462. The van der Waals surface area contributed by atoms with Gasteiger partial charge < -0.3 is 40.5 Å². The quantitative estimate of drug-likeness (QED) is 0.0683. The molecule has 13 heteroatoms. The second-order valence-corrected chi connectivity index (χ2v) is 15.1. The number of carbonyl (C=O) groups excluding carboxylic acids is 5. The number of ether oxygens (including phenoxy) is 1. The van der Waals surface area contributed by atoms with Crippen molar-refractivity contribution >= 4 is 28.9 Å². The maximum atomic E-state index is 14.8. The van der Waals surface area contributed by atoms with Gasteiger partial charge in [0.1, 0.15) is 39.8 Å². The molecule has 0 unspecified atom stereocenters. The zero-order valence-electron chi connectivity index (χ0n) is 30.1. The van der Waals surface area contributed by atoms with E-state index in [1.54, 1.807) is 32.1 Å². The molecule has 0 amide bonds. The maximum absolute atomic E-state index is 14.8. The summed E-state index contributed by atoms with van der Waals surface area (Å²) in [4.78, 5) is 70.2. The van der Waals surface area contributed by atoms with E-state index in [1.165, 1.54) is 39.0 Å². The van der Waals surface area contributed by atoms with E-state index < -0.39 is 126 Å². The summed E-state index contributed by atoms with van der Waals surface area (Å²) >= 11 is 0. The number of rotatable bonds is 6. The van der Waals surface area contributed by atoms with Gasteiger partial charge in [0, 0.05) is 34.5 Å². The van der Waals surface area contributed by atoms with Crippen LogP contribution in [0.3, 0.4) is 0 Å². The summed E-state index contributed by atoms with van der Waals surface area (Å²) in [5, 5.41) is 81.9. The Labute approximate surface area is 300 Å². The molecule has 0 radical (unpaired) electrons. The standard InChI is InChI=1S/C39H44O13/c1-9-11-13-15-20(40)22-25-19(17-34(4,30(22)45)33(48)36(25,6)49)27(43)24-31(46)35(5)28-23(21(41)16-14-12-10-2)26(42)18(3)29(44)37(28,7)52-39(35,51)38(8,50)32(24)47/h9-16,19,25,28,40-42,46,49-51H,17H2,1-8H3/b11-9+,12-10+,15-13+,16-14+,22-20-,23-21+/t19-,25-,28-,34+,35-,36+,37+,38+,39-/m1/s1. The fourth-order valence-corrected chi connectivity index (χ4v) is 9.20. The predicted molar refractivity (Wildman–Crippen MR) is 184 cm³/mol. The topological polar surface area (TPSA) is 236 Å². The van der Waals surface area contributed by atoms with E-state index in [0.717, 1.165) is 32.9 Å². The minimum atomic E-state index is -3.18. The third-order valence-electron chi connectivity index (χ3n) is 11.8. The largest absolute Gasteiger partial charge is 0.511 e. The van der Waals surface area contributed by atoms with E-state index in [4.69, 9.17) is 4.74 Å². The highest BCUT2D eigenvalue weighted by molar-refractivity contribution is 6.28. The maximum Gasteiger partial charge on any atom is 0.216 e. The molecule has 1 saturated heterocycles. The van der Waals surface area contributed by atoms with Crippen LogP contribution in [0.4, 0.5) is 0 Å². The number of allylic oxidation sites excluding steroid dienone is 9. The number of aliphatic hydroxyl groups excluding tert-OH is 4. The van der Waals surface area contributed by atoms with Gasteiger partial charge in [-0.25, -0.2) is 0 Å². The molecule has 0 aromatic rings. The highest BCUT2D eigenvalue weighted by Gasteiger charge is 2.82. The summed E-state index contributed by atoms with van der Waals surface area (Å²) < 4.78 is 5.95. The van der Waals surface area contributed by atoms with Crippen LogP contribution >= 0.6 is 0 Å². The van der Waals surface area contributed by atoms with Crippen molar-refractivity contribution in [2.45, 2.75) is 84.4 Å². The lowest BCUT2D eigenvalue weighted by molar-refractivity contribution is -0.317. The molecule has 1 heterocycles. The van der Waals surface area contributed by atoms with Crippen LogP contribution in [0.2, 0.25) is 0 Å². The van der Waals surface area contributed by atoms with E-state index in [9.17, 15) is 59.7 Å². The molecular formula is C39H44O13. The predicted octanol–water partition coefficient (Wildman–Crippen LogP) is 3.65. The number of Topliss-reactive ketones (excluding diaryl/α,β-unsaturated/α-hetero) is 5. The van der Waals surface area contributed by atoms with E-state index in [0.29, 0.717) is 0 Å². The zero-order chi connectivity index (χ0) is 39.3. The van der Waals surface area contributed by atoms with E-state index in [1.807, 2.05) is 0 Å². The number of ketones is 5. The van der Waals surface area contributed by atoms with Gasteiger partial charge in [-0.3, -0.25) is 24.0 Å². The van der Waals surface area contributed by atoms with Crippen molar-refractivity contribution in [3.63, 3.8) is 0 Å². The first-order chi connectivity index (χ1) is 23.9. The average molecular weight is 721 g/mol. The molecule has 3 saturated carbocycles. The first kappa shape index (κ1) is 38.5.